The highest BCUT2D eigenvalue weighted by Gasteiger charge is 2.12. The smallest absolute Gasteiger partial charge is 0.0945 e. The molecule has 2 rings (SSSR count). The van der Waals surface area contributed by atoms with Crippen molar-refractivity contribution in [1.82, 2.24) is 4.98 Å². The molecule has 0 unspecified atom stereocenters. The highest BCUT2D eigenvalue weighted by Crippen LogP contribution is 2.32. The molecule has 0 bridgehead atoms. The number of nitriles is 1. The van der Waals surface area contributed by atoms with Gasteiger partial charge < -0.3 is 0 Å². The normalized spacial score (nSPS) is 10.3. The first-order valence-electron chi connectivity index (χ1n) is 5.71. The lowest BCUT2D eigenvalue weighted by molar-refractivity contribution is 0.990. The van der Waals surface area contributed by atoms with Crippen LogP contribution in [-0.4, -0.2) is 4.98 Å². The number of hydrogen-bond acceptors (Lipinski definition) is 3. The maximum absolute atomic E-state index is 8.62. The monoisotopic (exact) mass is 320 g/mol. The van der Waals surface area contributed by atoms with Gasteiger partial charge in [-0.1, -0.05) is 22.0 Å². The highest BCUT2D eigenvalue weighted by molar-refractivity contribution is 9.10. The lowest BCUT2D eigenvalue weighted by Gasteiger charge is -2.04. The van der Waals surface area contributed by atoms with Gasteiger partial charge in [0.1, 0.15) is 0 Å². The summed E-state index contributed by atoms with van der Waals surface area (Å²) in [5.74, 6) is 0. The molecular formula is C14H13BrN2S. The van der Waals surface area contributed by atoms with Gasteiger partial charge in [-0.3, -0.25) is 0 Å². The van der Waals surface area contributed by atoms with Crippen LogP contribution >= 0.6 is 27.3 Å². The second-order valence-electron chi connectivity index (χ2n) is 4.13. The van der Waals surface area contributed by atoms with Crippen molar-refractivity contribution in [3.63, 3.8) is 0 Å². The number of aromatic nitrogens is 1. The molecule has 0 aliphatic carbocycles. The van der Waals surface area contributed by atoms with Gasteiger partial charge in [0, 0.05) is 27.8 Å². The number of hydrogen-bond donors (Lipinski definition) is 0. The van der Waals surface area contributed by atoms with Gasteiger partial charge in [0.2, 0.25) is 0 Å². The van der Waals surface area contributed by atoms with E-state index in [1.165, 1.54) is 16.0 Å². The third kappa shape index (κ3) is 2.80. The number of halogens is 1. The quantitative estimate of drug-likeness (QED) is 0.825. The van der Waals surface area contributed by atoms with Crippen molar-refractivity contribution in [2.75, 3.05) is 0 Å². The lowest BCUT2D eigenvalue weighted by Crippen LogP contribution is -1.87. The SMILES string of the molecule is Cc1ccc(Br)cc1-c1nc(CCC#N)sc1C. The summed E-state index contributed by atoms with van der Waals surface area (Å²) < 4.78 is 1.06. The van der Waals surface area contributed by atoms with Crippen LogP contribution in [0.2, 0.25) is 0 Å². The van der Waals surface area contributed by atoms with Crippen LogP contribution in [0.25, 0.3) is 11.3 Å². The van der Waals surface area contributed by atoms with Crippen LogP contribution in [0.4, 0.5) is 0 Å². The second kappa shape index (κ2) is 5.64. The van der Waals surface area contributed by atoms with Crippen molar-refractivity contribution in [3.8, 4) is 17.3 Å². The van der Waals surface area contributed by atoms with Crippen molar-refractivity contribution in [2.45, 2.75) is 26.7 Å². The van der Waals surface area contributed by atoms with E-state index < -0.39 is 0 Å². The fraction of sp³-hybridized carbons (Fsp3) is 0.286. The van der Waals surface area contributed by atoms with Gasteiger partial charge in [0.15, 0.2) is 0 Å². The fourth-order valence-electron chi connectivity index (χ4n) is 1.82. The van der Waals surface area contributed by atoms with Crippen LogP contribution in [0.3, 0.4) is 0 Å². The maximum Gasteiger partial charge on any atom is 0.0945 e. The molecule has 18 heavy (non-hydrogen) atoms. The molecule has 0 N–H and O–H groups in total. The Balaban J connectivity index is 2.41. The van der Waals surface area contributed by atoms with E-state index in [2.05, 4.69) is 53.0 Å². The predicted molar refractivity (Wildman–Crippen MR) is 78.7 cm³/mol. The van der Waals surface area contributed by atoms with Crippen molar-refractivity contribution < 1.29 is 0 Å². The van der Waals surface area contributed by atoms with Crippen LogP contribution in [0, 0.1) is 25.2 Å². The van der Waals surface area contributed by atoms with E-state index in [1.54, 1.807) is 11.3 Å². The molecule has 0 radical (unpaired) electrons. The standard InChI is InChI=1S/C14H13BrN2S/c1-9-5-6-11(15)8-12(9)14-10(2)18-13(17-14)4-3-7-16/h5-6,8H,3-4H2,1-2H3. The molecule has 1 aromatic heterocycles. The third-order valence-electron chi connectivity index (χ3n) is 2.75. The summed E-state index contributed by atoms with van der Waals surface area (Å²) in [7, 11) is 0. The van der Waals surface area contributed by atoms with Crippen molar-refractivity contribution in [2.24, 2.45) is 0 Å². The Hall–Kier alpha value is -1.18. The first-order chi connectivity index (χ1) is 8.61. The number of rotatable bonds is 3. The average Bonchev–Trinajstić information content (AvgIpc) is 2.71. The number of aryl methyl sites for hydroxylation is 3. The maximum atomic E-state index is 8.62. The highest BCUT2D eigenvalue weighted by atomic mass is 79.9. The summed E-state index contributed by atoms with van der Waals surface area (Å²) in [6, 6.07) is 8.40. The molecule has 1 aromatic carbocycles. The molecular weight excluding hydrogens is 308 g/mol. The summed E-state index contributed by atoms with van der Waals surface area (Å²) in [6.45, 7) is 4.18. The first kappa shape index (κ1) is 13.3. The lowest BCUT2D eigenvalue weighted by atomic mass is 10.1. The van der Waals surface area contributed by atoms with Gasteiger partial charge in [-0.2, -0.15) is 5.26 Å². The summed E-state index contributed by atoms with van der Waals surface area (Å²) in [6.07, 6.45) is 1.28. The minimum atomic E-state index is 0.532. The van der Waals surface area contributed by atoms with E-state index in [1.807, 2.05) is 6.07 Å². The van der Waals surface area contributed by atoms with Gasteiger partial charge in [-0.15, -0.1) is 11.3 Å². The van der Waals surface area contributed by atoms with Gasteiger partial charge >= 0.3 is 0 Å². The zero-order valence-electron chi connectivity index (χ0n) is 10.3. The van der Waals surface area contributed by atoms with E-state index in [-0.39, 0.29) is 0 Å². The van der Waals surface area contributed by atoms with E-state index in [0.717, 1.165) is 21.6 Å². The Labute approximate surface area is 119 Å². The summed E-state index contributed by atoms with van der Waals surface area (Å²) in [5, 5.41) is 9.67. The van der Waals surface area contributed by atoms with Gasteiger partial charge in [0.25, 0.3) is 0 Å². The summed E-state index contributed by atoms with van der Waals surface area (Å²) in [5.41, 5.74) is 3.44. The second-order valence-corrected chi connectivity index (χ2v) is 6.33. The molecule has 2 aromatic rings. The van der Waals surface area contributed by atoms with Gasteiger partial charge in [-0.05, 0) is 31.5 Å². The van der Waals surface area contributed by atoms with Gasteiger partial charge in [-0.25, -0.2) is 4.98 Å². The van der Waals surface area contributed by atoms with E-state index in [9.17, 15) is 0 Å². The zero-order chi connectivity index (χ0) is 13.1. The molecule has 0 amide bonds. The van der Waals surface area contributed by atoms with Crippen LogP contribution in [0.5, 0.6) is 0 Å². The molecule has 2 nitrogen and oxygen atoms in total. The van der Waals surface area contributed by atoms with Crippen LogP contribution < -0.4 is 0 Å². The molecule has 92 valence electrons. The summed E-state index contributed by atoms with van der Waals surface area (Å²) in [4.78, 5) is 5.88. The molecule has 0 aliphatic rings. The number of thiazole rings is 1. The molecule has 0 aliphatic heterocycles. The molecule has 0 saturated carbocycles. The molecule has 0 fully saturated rings. The Bertz CT molecular complexity index is 611. The molecule has 0 spiro atoms. The van der Waals surface area contributed by atoms with Crippen LogP contribution in [0.1, 0.15) is 21.9 Å². The topological polar surface area (TPSA) is 36.7 Å². The first-order valence-corrected chi connectivity index (χ1v) is 7.32. The number of benzene rings is 1. The van der Waals surface area contributed by atoms with E-state index in [4.69, 9.17) is 5.26 Å². The van der Waals surface area contributed by atoms with Crippen molar-refractivity contribution >= 4 is 27.3 Å². The Morgan fingerprint density at radius 3 is 2.89 bits per heavy atom. The molecule has 0 saturated heterocycles. The molecule has 0 atom stereocenters. The number of nitrogens with zero attached hydrogens (tertiary/aromatic N) is 2. The van der Waals surface area contributed by atoms with Crippen LogP contribution in [0.15, 0.2) is 22.7 Å². The Morgan fingerprint density at radius 1 is 1.39 bits per heavy atom. The van der Waals surface area contributed by atoms with Crippen molar-refractivity contribution in [1.29, 1.82) is 5.26 Å². The summed E-state index contributed by atoms with van der Waals surface area (Å²) >= 11 is 5.19. The van der Waals surface area contributed by atoms with Gasteiger partial charge in [0.05, 0.1) is 16.8 Å². The third-order valence-corrected chi connectivity index (χ3v) is 4.27. The van der Waals surface area contributed by atoms with E-state index >= 15 is 0 Å². The molecule has 4 heteroatoms. The van der Waals surface area contributed by atoms with Crippen molar-refractivity contribution in [3.05, 3.63) is 38.1 Å². The minimum absolute atomic E-state index is 0.532. The molecule has 1 heterocycles. The Morgan fingerprint density at radius 2 is 2.17 bits per heavy atom. The van der Waals surface area contributed by atoms with Crippen LogP contribution in [-0.2, 0) is 6.42 Å². The minimum Gasteiger partial charge on any atom is -0.241 e. The Kier molecular flexibility index (Phi) is 4.15. The fourth-order valence-corrected chi connectivity index (χ4v) is 3.13. The van der Waals surface area contributed by atoms with E-state index in [0.29, 0.717) is 6.42 Å². The predicted octanol–water partition coefficient (Wildman–Crippen LogP) is 4.65. The average molecular weight is 321 g/mol. The zero-order valence-corrected chi connectivity index (χ0v) is 12.7. The largest absolute Gasteiger partial charge is 0.241 e.